The van der Waals surface area contributed by atoms with Gasteiger partial charge in [-0.25, -0.2) is 4.57 Å². The first-order valence-corrected chi connectivity index (χ1v) is 13.7. The summed E-state index contributed by atoms with van der Waals surface area (Å²) >= 11 is 5.15. The highest BCUT2D eigenvalue weighted by atomic mass is 32.1. The highest BCUT2D eigenvalue weighted by Crippen LogP contribution is 2.47. The summed E-state index contributed by atoms with van der Waals surface area (Å²) in [6.07, 6.45) is -0.997. The molecule has 1 fully saturated rings. The van der Waals surface area contributed by atoms with Crippen LogP contribution < -0.4 is 15.2 Å². The number of esters is 1. The monoisotopic (exact) mass is 557 g/mol. The number of nitrogens with zero attached hydrogens (tertiary/aromatic N) is 1. The smallest absolute Gasteiger partial charge is 0.459 e. The average Bonchev–Trinajstić information content (AvgIpc) is 3.07. The Morgan fingerprint density at radius 3 is 2.70 bits per heavy atom. The van der Waals surface area contributed by atoms with Crippen LogP contribution in [0.1, 0.15) is 39.8 Å². The number of aromatic amines is 1. The van der Waals surface area contributed by atoms with Crippen molar-refractivity contribution in [2.24, 2.45) is 0 Å². The van der Waals surface area contributed by atoms with Gasteiger partial charge in [0.15, 0.2) is 11.0 Å². The Morgan fingerprint density at radius 2 is 2.05 bits per heavy atom. The van der Waals surface area contributed by atoms with Crippen LogP contribution in [0.3, 0.4) is 0 Å². The quantitative estimate of drug-likeness (QED) is 0.131. The zero-order chi connectivity index (χ0) is 27.2. The van der Waals surface area contributed by atoms with Gasteiger partial charge < -0.3 is 24.2 Å². The zero-order valence-electron chi connectivity index (χ0n) is 20.7. The summed E-state index contributed by atoms with van der Waals surface area (Å²) in [4.78, 5) is 26.3. The van der Waals surface area contributed by atoms with Crippen LogP contribution in [-0.4, -0.2) is 62.8 Å². The van der Waals surface area contributed by atoms with Gasteiger partial charge in [-0.1, -0.05) is 31.5 Å². The second kappa shape index (κ2) is 12.4. The number of ether oxygens (including phenoxy) is 2. The van der Waals surface area contributed by atoms with Crippen LogP contribution >= 0.6 is 20.0 Å². The molecule has 1 aromatic heterocycles. The minimum Gasteiger partial charge on any atom is -0.465 e. The van der Waals surface area contributed by atoms with Crippen molar-refractivity contribution >= 4 is 25.9 Å². The van der Waals surface area contributed by atoms with Gasteiger partial charge in [0.25, 0.3) is 5.56 Å². The summed E-state index contributed by atoms with van der Waals surface area (Å²) in [6.45, 7) is 4.48. The molecule has 1 aromatic carbocycles. The van der Waals surface area contributed by atoms with E-state index in [1.54, 1.807) is 30.3 Å². The molecule has 0 bridgehead atoms. The van der Waals surface area contributed by atoms with Crippen molar-refractivity contribution in [1.82, 2.24) is 14.6 Å². The molecule has 1 unspecified atom stereocenters. The largest absolute Gasteiger partial charge is 0.465 e. The third-order valence-corrected chi connectivity index (χ3v) is 7.64. The lowest BCUT2D eigenvalue weighted by atomic mass is 9.96. The number of carbonyl (C=O) groups is 1. The molecule has 4 N–H and O–H groups in total. The Labute approximate surface area is 219 Å². The normalized spacial score (nSPS) is 25.8. The molecule has 204 valence electrons. The molecule has 37 heavy (non-hydrogen) atoms. The van der Waals surface area contributed by atoms with E-state index in [2.05, 4.69) is 10.1 Å². The summed E-state index contributed by atoms with van der Waals surface area (Å²) in [5, 5.41) is 24.3. The fraction of sp³-hybridized carbons (Fsp3) is 0.522. The number of nitrogens with one attached hydrogen (secondary N) is 2. The first-order chi connectivity index (χ1) is 17.5. The van der Waals surface area contributed by atoms with Gasteiger partial charge in [-0.15, -0.1) is 0 Å². The van der Waals surface area contributed by atoms with Crippen molar-refractivity contribution in [2.45, 2.75) is 63.7 Å². The molecule has 3 rings (SSSR count). The first kappa shape index (κ1) is 29.2. The summed E-state index contributed by atoms with van der Waals surface area (Å²) in [5.41, 5.74) is -2.29. The number of carbonyl (C=O) groups excluding carboxylic acids is 1. The van der Waals surface area contributed by atoms with Gasteiger partial charge in [0, 0.05) is 12.3 Å². The van der Waals surface area contributed by atoms with Gasteiger partial charge in [0.1, 0.15) is 29.6 Å². The standard InChI is InChI=1S/C23H32N3O9PS/c1-4-5-13-32-20(29)15(2)25-36(31,35-16-9-7-6-8-10-16)33-14-17-19(28)23(3,30)21(34-17)26-12-11-18(27)24-22(26)37/h6-12,15,17,19,21,28,30H,4-5,13-14H2,1-3H3,(H,25,31)(H,24,27,37)/t15-,17+,19-,21+,23?,36-/m0/s1. The van der Waals surface area contributed by atoms with Gasteiger partial charge in [-0.05, 0) is 44.6 Å². The van der Waals surface area contributed by atoms with Gasteiger partial charge in [0.2, 0.25) is 0 Å². The molecular weight excluding hydrogens is 525 g/mol. The number of rotatable bonds is 12. The van der Waals surface area contributed by atoms with Crippen molar-refractivity contribution in [3.8, 4) is 5.75 Å². The lowest BCUT2D eigenvalue weighted by molar-refractivity contribution is -0.145. The fourth-order valence-corrected chi connectivity index (χ4v) is 5.36. The van der Waals surface area contributed by atoms with E-state index in [1.165, 1.54) is 30.7 Å². The summed E-state index contributed by atoms with van der Waals surface area (Å²) in [6, 6.07) is 8.34. The number of para-hydroxylation sites is 1. The van der Waals surface area contributed by atoms with E-state index >= 15 is 0 Å². The van der Waals surface area contributed by atoms with E-state index in [4.69, 9.17) is 30.7 Å². The third kappa shape index (κ3) is 7.35. The molecule has 0 spiro atoms. The molecule has 0 radical (unpaired) electrons. The van der Waals surface area contributed by atoms with Crippen molar-refractivity contribution in [3.63, 3.8) is 0 Å². The zero-order valence-corrected chi connectivity index (χ0v) is 22.4. The molecule has 14 heteroatoms. The second-order valence-electron chi connectivity index (χ2n) is 8.78. The molecule has 0 aliphatic carbocycles. The highest BCUT2D eigenvalue weighted by Gasteiger charge is 2.53. The maximum Gasteiger partial charge on any atom is 0.459 e. The summed E-state index contributed by atoms with van der Waals surface area (Å²) in [7, 11) is -4.22. The molecule has 0 amide bonds. The SMILES string of the molecule is CCCCOC(=O)[C@H](C)N[P@](=O)(OC[C@H]1O[C@@H](n2ccc(=O)[nH]c2=S)C(C)(O)[C@H]1O)Oc1ccccc1. The Morgan fingerprint density at radius 1 is 1.35 bits per heavy atom. The van der Waals surface area contributed by atoms with Crippen LogP contribution in [0.2, 0.25) is 0 Å². The Kier molecular flexibility index (Phi) is 9.81. The van der Waals surface area contributed by atoms with Crippen LogP contribution in [0.5, 0.6) is 5.75 Å². The minimum atomic E-state index is -4.22. The van der Waals surface area contributed by atoms with E-state index < -0.39 is 56.0 Å². The van der Waals surface area contributed by atoms with E-state index in [1.807, 2.05) is 6.92 Å². The molecule has 1 saturated heterocycles. The molecule has 0 saturated carbocycles. The van der Waals surface area contributed by atoms with Gasteiger partial charge in [-0.3, -0.25) is 23.7 Å². The molecule has 1 aliphatic rings. The fourth-order valence-electron chi connectivity index (χ4n) is 3.60. The Hall–Kier alpha value is -2.38. The van der Waals surface area contributed by atoms with Gasteiger partial charge in [-0.2, -0.15) is 5.09 Å². The number of aliphatic hydroxyl groups excluding tert-OH is 1. The summed E-state index contributed by atoms with van der Waals surface area (Å²) < 4.78 is 37.1. The second-order valence-corrected chi connectivity index (χ2v) is 10.9. The number of unbranched alkanes of at least 4 members (excludes halogenated alkanes) is 1. The number of hydrogen-bond acceptors (Lipinski definition) is 10. The number of H-pyrrole nitrogens is 1. The predicted octanol–water partition coefficient (Wildman–Crippen LogP) is 2.44. The Balaban J connectivity index is 1.77. The molecule has 2 aromatic rings. The molecule has 12 nitrogen and oxygen atoms in total. The first-order valence-electron chi connectivity index (χ1n) is 11.8. The molecular formula is C23H32N3O9PS. The number of aromatic nitrogens is 2. The van der Waals surface area contributed by atoms with Crippen LogP contribution in [0.25, 0.3) is 0 Å². The Bertz CT molecular complexity index is 1220. The van der Waals surface area contributed by atoms with Gasteiger partial charge >= 0.3 is 13.7 Å². The van der Waals surface area contributed by atoms with E-state index in [0.717, 1.165) is 6.42 Å². The van der Waals surface area contributed by atoms with Crippen LogP contribution in [0.4, 0.5) is 0 Å². The summed E-state index contributed by atoms with van der Waals surface area (Å²) in [5.74, 6) is -0.427. The number of hydrogen-bond donors (Lipinski definition) is 4. The average molecular weight is 558 g/mol. The van der Waals surface area contributed by atoms with Crippen LogP contribution in [0.15, 0.2) is 47.4 Å². The van der Waals surface area contributed by atoms with Crippen molar-refractivity contribution < 1.29 is 38.1 Å². The van der Waals surface area contributed by atoms with E-state index in [0.29, 0.717) is 6.42 Å². The number of aliphatic hydroxyl groups is 2. The minimum absolute atomic E-state index is 0.0262. The lowest BCUT2D eigenvalue weighted by Crippen LogP contribution is -2.45. The van der Waals surface area contributed by atoms with Crippen molar-refractivity contribution in [3.05, 3.63) is 57.7 Å². The van der Waals surface area contributed by atoms with Crippen molar-refractivity contribution in [2.75, 3.05) is 13.2 Å². The van der Waals surface area contributed by atoms with Crippen LogP contribution in [0, 0.1) is 4.77 Å². The molecule has 1 aliphatic heterocycles. The predicted molar refractivity (Wildman–Crippen MR) is 136 cm³/mol. The topological polar surface area (TPSA) is 161 Å². The van der Waals surface area contributed by atoms with E-state index in [-0.39, 0.29) is 17.1 Å². The van der Waals surface area contributed by atoms with E-state index in [9.17, 15) is 24.4 Å². The maximum atomic E-state index is 13.7. The maximum absolute atomic E-state index is 13.7. The van der Waals surface area contributed by atoms with Crippen LogP contribution in [-0.2, 0) is 23.4 Å². The van der Waals surface area contributed by atoms with Gasteiger partial charge in [0.05, 0.1) is 13.2 Å². The molecule has 2 heterocycles. The van der Waals surface area contributed by atoms with Crippen molar-refractivity contribution in [1.29, 1.82) is 0 Å². The highest BCUT2D eigenvalue weighted by molar-refractivity contribution is 7.71. The number of benzene rings is 1. The molecule has 6 atom stereocenters. The third-order valence-electron chi connectivity index (χ3n) is 5.68. The lowest BCUT2D eigenvalue weighted by Gasteiger charge is -2.28.